The summed E-state index contributed by atoms with van der Waals surface area (Å²) < 4.78 is 25.4. The minimum Gasteiger partial charge on any atom is -0.496 e. The fourth-order valence-corrected chi connectivity index (χ4v) is 4.07. The van der Waals surface area contributed by atoms with E-state index in [1.54, 1.807) is 28.8 Å². The summed E-state index contributed by atoms with van der Waals surface area (Å²) in [6, 6.07) is 9.02. The molecule has 158 valence electrons. The third-order valence-corrected chi connectivity index (χ3v) is 5.51. The first kappa shape index (κ1) is 21.8. The zero-order valence-corrected chi connectivity index (χ0v) is 18.1. The molecule has 6 nitrogen and oxygen atoms in total. The standard InChI is InChI=1S/C22H23FN2O4S/c1-13(2)11-25-20(26)17-7-5-14(21(27)29-4)10-18(17)24-22(25)30-12-15-9-16(23)6-8-19(15)28-3/h5-10,13H,11-12H2,1-4H3. The minimum atomic E-state index is -0.497. The number of hydrogen-bond donors (Lipinski definition) is 0. The van der Waals surface area contributed by atoms with Gasteiger partial charge in [0.05, 0.1) is 30.7 Å². The van der Waals surface area contributed by atoms with Gasteiger partial charge in [0.25, 0.3) is 5.56 Å². The van der Waals surface area contributed by atoms with Gasteiger partial charge in [-0.15, -0.1) is 0 Å². The summed E-state index contributed by atoms with van der Waals surface area (Å²) in [4.78, 5) is 29.6. The van der Waals surface area contributed by atoms with Crippen LogP contribution in [0.4, 0.5) is 4.39 Å². The van der Waals surface area contributed by atoms with Crippen molar-refractivity contribution in [2.45, 2.75) is 31.3 Å². The SMILES string of the molecule is COC(=O)c1ccc2c(=O)n(CC(C)C)c(SCc3cc(F)ccc3OC)nc2c1. The number of nitrogens with zero attached hydrogens (tertiary/aromatic N) is 2. The lowest BCUT2D eigenvalue weighted by atomic mass is 10.1. The number of halogens is 1. The van der Waals surface area contributed by atoms with Crippen molar-refractivity contribution in [3.63, 3.8) is 0 Å². The highest BCUT2D eigenvalue weighted by Crippen LogP contribution is 2.28. The van der Waals surface area contributed by atoms with Crippen LogP contribution < -0.4 is 10.3 Å². The Morgan fingerprint density at radius 2 is 1.97 bits per heavy atom. The molecule has 3 aromatic rings. The summed E-state index contributed by atoms with van der Waals surface area (Å²) in [6.45, 7) is 4.52. The van der Waals surface area contributed by atoms with Crippen LogP contribution in [0.2, 0.25) is 0 Å². The van der Waals surface area contributed by atoms with Gasteiger partial charge in [-0.25, -0.2) is 14.2 Å². The molecule has 0 unspecified atom stereocenters. The van der Waals surface area contributed by atoms with E-state index in [1.165, 1.54) is 38.1 Å². The van der Waals surface area contributed by atoms with Crippen molar-refractivity contribution in [3.8, 4) is 5.75 Å². The average molecular weight is 431 g/mol. The van der Waals surface area contributed by atoms with Crippen LogP contribution in [0.15, 0.2) is 46.3 Å². The number of ether oxygens (including phenoxy) is 2. The molecule has 0 fully saturated rings. The molecule has 0 saturated heterocycles. The molecule has 0 spiro atoms. The van der Waals surface area contributed by atoms with Crippen LogP contribution in [0.5, 0.6) is 5.75 Å². The molecule has 30 heavy (non-hydrogen) atoms. The fraction of sp³-hybridized carbons (Fsp3) is 0.318. The predicted octanol–water partition coefficient (Wildman–Crippen LogP) is 4.28. The van der Waals surface area contributed by atoms with Gasteiger partial charge >= 0.3 is 5.97 Å². The molecule has 0 aliphatic heterocycles. The van der Waals surface area contributed by atoms with Crippen LogP contribution >= 0.6 is 11.8 Å². The Hall–Kier alpha value is -2.87. The van der Waals surface area contributed by atoms with Crippen LogP contribution in [0, 0.1) is 11.7 Å². The van der Waals surface area contributed by atoms with Gasteiger partial charge in [0.2, 0.25) is 0 Å². The van der Waals surface area contributed by atoms with Gasteiger partial charge in [-0.2, -0.15) is 0 Å². The fourth-order valence-electron chi connectivity index (χ4n) is 3.08. The maximum absolute atomic E-state index is 13.7. The van der Waals surface area contributed by atoms with Gasteiger partial charge in [-0.1, -0.05) is 25.6 Å². The van der Waals surface area contributed by atoms with E-state index in [1.807, 2.05) is 13.8 Å². The Balaban J connectivity index is 2.07. The van der Waals surface area contributed by atoms with Crippen molar-refractivity contribution in [3.05, 3.63) is 63.7 Å². The molecule has 0 atom stereocenters. The molecular formula is C22H23FN2O4S. The molecule has 0 radical (unpaired) electrons. The summed E-state index contributed by atoms with van der Waals surface area (Å²) in [6.07, 6.45) is 0. The molecule has 8 heteroatoms. The number of rotatable bonds is 7. The highest BCUT2D eigenvalue weighted by atomic mass is 32.2. The predicted molar refractivity (Wildman–Crippen MR) is 115 cm³/mol. The van der Waals surface area contributed by atoms with E-state index in [4.69, 9.17) is 9.47 Å². The number of hydrogen-bond acceptors (Lipinski definition) is 6. The van der Waals surface area contributed by atoms with Gasteiger partial charge in [0, 0.05) is 17.9 Å². The van der Waals surface area contributed by atoms with Crippen LogP contribution in [-0.4, -0.2) is 29.7 Å². The molecule has 1 aromatic heterocycles. The van der Waals surface area contributed by atoms with E-state index < -0.39 is 5.97 Å². The third-order valence-electron chi connectivity index (χ3n) is 4.49. The maximum Gasteiger partial charge on any atom is 0.337 e. The van der Waals surface area contributed by atoms with Gasteiger partial charge < -0.3 is 9.47 Å². The molecule has 2 aromatic carbocycles. The smallest absolute Gasteiger partial charge is 0.337 e. The van der Waals surface area contributed by atoms with Gasteiger partial charge in [-0.3, -0.25) is 9.36 Å². The molecule has 0 bridgehead atoms. The number of aromatic nitrogens is 2. The van der Waals surface area contributed by atoms with Crippen molar-refractivity contribution >= 4 is 28.6 Å². The van der Waals surface area contributed by atoms with Crippen LogP contribution in [-0.2, 0) is 17.0 Å². The van der Waals surface area contributed by atoms with Crippen molar-refractivity contribution in [1.82, 2.24) is 9.55 Å². The van der Waals surface area contributed by atoms with E-state index >= 15 is 0 Å². The number of carbonyl (C=O) groups excluding carboxylic acids is 1. The monoisotopic (exact) mass is 430 g/mol. The number of methoxy groups -OCH3 is 2. The number of carbonyl (C=O) groups is 1. The quantitative estimate of drug-likeness (QED) is 0.317. The summed E-state index contributed by atoms with van der Waals surface area (Å²) in [5.41, 5.74) is 1.22. The van der Waals surface area contributed by atoms with Gasteiger partial charge in [-0.05, 0) is 42.3 Å². The normalized spacial score (nSPS) is 11.1. The Morgan fingerprint density at radius 1 is 1.20 bits per heavy atom. The average Bonchev–Trinajstić information content (AvgIpc) is 2.73. The van der Waals surface area contributed by atoms with Crippen LogP contribution in [0.25, 0.3) is 10.9 Å². The Bertz CT molecular complexity index is 1140. The maximum atomic E-state index is 13.7. The van der Waals surface area contributed by atoms with E-state index in [0.717, 1.165) is 0 Å². The molecule has 3 rings (SSSR count). The molecule has 0 amide bonds. The molecule has 1 heterocycles. The van der Waals surface area contributed by atoms with E-state index in [9.17, 15) is 14.0 Å². The highest BCUT2D eigenvalue weighted by Gasteiger charge is 2.16. The van der Waals surface area contributed by atoms with E-state index in [-0.39, 0.29) is 17.3 Å². The molecule has 0 aliphatic rings. The molecule has 0 aliphatic carbocycles. The van der Waals surface area contributed by atoms with Crippen molar-refractivity contribution in [2.24, 2.45) is 5.92 Å². The van der Waals surface area contributed by atoms with E-state index in [2.05, 4.69) is 4.98 Å². The lowest BCUT2D eigenvalue weighted by Crippen LogP contribution is -2.25. The number of thioether (sulfide) groups is 1. The topological polar surface area (TPSA) is 70.4 Å². The van der Waals surface area contributed by atoms with Crippen LogP contribution in [0.1, 0.15) is 29.8 Å². The summed E-state index contributed by atoms with van der Waals surface area (Å²) in [7, 11) is 2.83. The minimum absolute atomic E-state index is 0.182. The Kier molecular flexibility index (Phi) is 6.77. The second-order valence-electron chi connectivity index (χ2n) is 7.17. The Morgan fingerprint density at radius 3 is 2.63 bits per heavy atom. The number of esters is 1. The largest absolute Gasteiger partial charge is 0.496 e. The van der Waals surface area contributed by atoms with Crippen molar-refractivity contribution in [1.29, 1.82) is 0 Å². The molecular weight excluding hydrogens is 407 g/mol. The zero-order chi connectivity index (χ0) is 21.8. The highest BCUT2D eigenvalue weighted by molar-refractivity contribution is 7.98. The van der Waals surface area contributed by atoms with Gasteiger partial charge in [0.15, 0.2) is 5.16 Å². The lowest BCUT2D eigenvalue weighted by Gasteiger charge is -2.16. The first-order valence-corrected chi connectivity index (χ1v) is 10.4. The number of benzene rings is 2. The first-order chi connectivity index (χ1) is 14.3. The summed E-state index contributed by atoms with van der Waals surface area (Å²) >= 11 is 1.32. The lowest BCUT2D eigenvalue weighted by molar-refractivity contribution is 0.0601. The summed E-state index contributed by atoms with van der Waals surface area (Å²) in [5.74, 6) is 0.298. The zero-order valence-electron chi connectivity index (χ0n) is 17.3. The number of fused-ring (bicyclic) bond motifs is 1. The van der Waals surface area contributed by atoms with E-state index in [0.29, 0.717) is 45.2 Å². The third kappa shape index (κ3) is 4.64. The second kappa shape index (κ2) is 9.30. The first-order valence-electron chi connectivity index (χ1n) is 9.42. The second-order valence-corrected chi connectivity index (χ2v) is 8.11. The molecule has 0 saturated carbocycles. The van der Waals surface area contributed by atoms with Crippen molar-refractivity contribution in [2.75, 3.05) is 14.2 Å². The summed E-state index contributed by atoms with van der Waals surface area (Å²) in [5, 5.41) is 0.922. The molecule has 0 N–H and O–H groups in total. The van der Waals surface area contributed by atoms with Crippen molar-refractivity contribution < 1.29 is 18.7 Å². The Labute approximate surface area is 178 Å². The van der Waals surface area contributed by atoms with Gasteiger partial charge in [0.1, 0.15) is 11.6 Å². The van der Waals surface area contributed by atoms with Crippen LogP contribution in [0.3, 0.4) is 0 Å².